The number of nitrogens with zero attached hydrogens (tertiary/aromatic N) is 2. The van der Waals surface area contributed by atoms with E-state index < -0.39 is 0 Å². The van der Waals surface area contributed by atoms with Gasteiger partial charge in [-0.25, -0.2) is 0 Å². The fourth-order valence-corrected chi connectivity index (χ4v) is 2.37. The molecule has 0 aliphatic rings. The number of aryl methyl sites for hydroxylation is 1. The fourth-order valence-electron chi connectivity index (χ4n) is 2.17. The predicted octanol–water partition coefficient (Wildman–Crippen LogP) is 3.54. The van der Waals surface area contributed by atoms with Crippen LogP contribution in [0, 0.1) is 6.92 Å². The molecule has 3 aromatic rings. The van der Waals surface area contributed by atoms with E-state index in [9.17, 15) is 4.79 Å². The minimum Gasteiger partial charge on any atom is -0.485 e. The molecular weight excluding hydrogens is 342 g/mol. The quantitative estimate of drug-likeness (QED) is 0.730. The summed E-state index contributed by atoms with van der Waals surface area (Å²) in [7, 11) is 0. The molecule has 0 bridgehead atoms. The van der Waals surface area contributed by atoms with Gasteiger partial charge in [0.25, 0.3) is 5.91 Å². The molecule has 2 aromatic carbocycles. The Labute approximate surface area is 149 Å². The number of ether oxygens (including phenoxy) is 1. The Bertz CT molecular complexity index is 862. The third kappa shape index (κ3) is 4.58. The van der Waals surface area contributed by atoms with Gasteiger partial charge < -0.3 is 14.6 Å². The number of aromatic nitrogens is 2. The Morgan fingerprint density at radius 2 is 1.96 bits per heavy atom. The van der Waals surface area contributed by atoms with Crippen molar-refractivity contribution in [3.8, 4) is 5.75 Å². The summed E-state index contributed by atoms with van der Waals surface area (Å²) in [6.45, 7) is 2.29. The molecule has 0 saturated heterocycles. The fraction of sp³-hybridized carbons (Fsp3) is 0.167. The molecule has 0 atom stereocenters. The minimum atomic E-state index is -0.180. The number of hydrogen-bond acceptors (Lipinski definition) is 5. The Hall–Kier alpha value is -2.86. The van der Waals surface area contributed by atoms with Crippen LogP contribution in [0.5, 0.6) is 5.75 Å². The van der Waals surface area contributed by atoms with Crippen LogP contribution in [-0.2, 0) is 13.2 Å². The molecule has 1 N–H and O–H groups in total. The summed E-state index contributed by atoms with van der Waals surface area (Å²) >= 11 is 6.08. The molecule has 6 nitrogen and oxygen atoms in total. The number of rotatable bonds is 6. The van der Waals surface area contributed by atoms with E-state index in [0.717, 1.165) is 5.56 Å². The first-order valence-electron chi connectivity index (χ1n) is 7.65. The molecule has 0 aliphatic heterocycles. The van der Waals surface area contributed by atoms with Crippen molar-refractivity contribution < 1.29 is 14.1 Å². The van der Waals surface area contributed by atoms with E-state index in [0.29, 0.717) is 34.6 Å². The van der Waals surface area contributed by atoms with Gasteiger partial charge in [0.05, 0.1) is 0 Å². The molecule has 0 spiro atoms. The Morgan fingerprint density at radius 3 is 2.64 bits per heavy atom. The Kier molecular flexibility index (Phi) is 5.30. The molecule has 128 valence electrons. The number of nitrogens with one attached hydrogen (secondary N) is 1. The van der Waals surface area contributed by atoms with Crippen LogP contribution in [0.15, 0.2) is 53.1 Å². The number of halogens is 1. The number of carbonyl (C=O) groups is 1. The van der Waals surface area contributed by atoms with Gasteiger partial charge in [-0.05, 0) is 35.9 Å². The number of hydrogen-bond donors (Lipinski definition) is 1. The lowest BCUT2D eigenvalue weighted by Gasteiger charge is -2.08. The maximum Gasteiger partial charge on any atom is 0.251 e. The summed E-state index contributed by atoms with van der Waals surface area (Å²) in [5.41, 5.74) is 1.41. The molecule has 1 heterocycles. The lowest BCUT2D eigenvalue weighted by Crippen LogP contribution is -2.22. The predicted molar refractivity (Wildman–Crippen MR) is 92.4 cm³/mol. The van der Waals surface area contributed by atoms with Crippen molar-refractivity contribution in [2.45, 2.75) is 20.1 Å². The van der Waals surface area contributed by atoms with Crippen molar-refractivity contribution in [2.75, 3.05) is 0 Å². The SMILES string of the molecule is Cc1nc(COc2ccc(C(=O)NCc3ccccc3Cl)cc2)no1. The molecule has 0 aliphatic carbocycles. The van der Waals surface area contributed by atoms with E-state index in [-0.39, 0.29) is 12.5 Å². The van der Waals surface area contributed by atoms with Gasteiger partial charge in [0.15, 0.2) is 6.61 Å². The van der Waals surface area contributed by atoms with E-state index >= 15 is 0 Å². The molecule has 3 rings (SSSR count). The summed E-state index contributed by atoms with van der Waals surface area (Å²) in [6.07, 6.45) is 0. The molecule has 0 radical (unpaired) electrons. The van der Waals surface area contributed by atoms with Gasteiger partial charge in [0, 0.05) is 24.1 Å². The van der Waals surface area contributed by atoms with Crippen LogP contribution in [0.1, 0.15) is 27.6 Å². The highest BCUT2D eigenvalue weighted by atomic mass is 35.5. The van der Waals surface area contributed by atoms with Crippen molar-refractivity contribution >= 4 is 17.5 Å². The maximum atomic E-state index is 12.2. The third-order valence-corrected chi connectivity index (χ3v) is 3.82. The second kappa shape index (κ2) is 7.81. The largest absolute Gasteiger partial charge is 0.485 e. The average molecular weight is 358 g/mol. The molecule has 7 heteroatoms. The maximum absolute atomic E-state index is 12.2. The second-order valence-electron chi connectivity index (χ2n) is 5.32. The zero-order chi connectivity index (χ0) is 17.6. The van der Waals surface area contributed by atoms with Gasteiger partial charge in [0.1, 0.15) is 5.75 Å². The zero-order valence-corrected chi connectivity index (χ0v) is 14.3. The van der Waals surface area contributed by atoms with Crippen molar-refractivity contribution in [2.24, 2.45) is 0 Å². The first kappa shape index (κ1) is 17.0. The van der Waals surface area contributed by atoms with Gasteiger partial charge in [0.2, 0.25) is 11.7 Å². The lowest BCUT2D eigenvalue weighted by molar-refractivity contribution is 0.0951. The van der Waals surface area contributed by atoms with Crippen LogP contribution in [-0.4, -0.2) is 16.0 Å². The van der Waals surface area contributed by atoms with Crippen molar-refractivity contribution in [1.29, 1.82) is 0 Å². The van der Waals surface area contributed by atoms with Gasteiger partial charge in [-0.15, -0.1) is 0 Å². The highest BCUT2D eigenvalue weighted by molar-refractivity contribution is 6.31. The van der Waals surface area contributed by atoms with Crippen molar-refractivity contribution in [3.05, 3.63) is 76.4 Å². The topological polar surface area (TPSA) is 77.2 Å². The van der Waals surface area contributed by atoms with Gasteiger partial charge in [-0.1, -0.05) is 35.0 Å². The van der Waals surface area contributed by atoms with E-state index in [1.807, 2.05) is 18.2 Å². The lowest BCUT2D eigenvalue weighted by atomic mass is 10.2. The first-order chi connectivity index (χ1) is 12.1. The normalized spacial score (nSPS) is 10.5. The van der Waals surface area contributed by atoms with Crippen LogP contribution >= 0.6 is 11.6 Å². The van der Waals surface area contributed by atoms with Crippen molar-refractivity contribution in [1.82, 2.24) is 15.5 Å². The first-order valence-corrected chi connectivity index (χ1v) is 8.03. The Morgan fingerprint density at radius 1 is 1.20 bits per heavy atom. The summed E-state index contributed by atoms with van der Waals surface area (Å²) in [5, 5.41) is 7.22. The summed E-state index contributed by atoms with van der Waals surface area (Å²) < 4.78 is 10.4. The van der Waals surface area contributed by atoms with Crippen molar-refractivity contribution in [3.63, 3.8) is 0 Å². The third-order valence-electron chi connectivity index (χ3n) is 3.45. The number of amides is 1. The molecule has 1 aromatic heterocycles. The van der Waals surface area contributed by atoms with Gasteiger partial charge in [-0.3, -0.25) is 4.79 Å². The molecule has 0 saturated carbocycles. The summed E-state index contributed by atoms with van der Waals surface area (Å²) in [6, 6.07) is 14.2. The second-order valence-corrected chi connectivity index (χ2v) is 5.72. The van der Waals surface area contributed by atoms with Gasteiger partial charge in [-0.2, -0.15) is 4.98 Å². The zero-order valence-electron chi connectivity index (χ0n) is 13.5. The highest BCUT2D eigenvalue weighted by Gasteiger charge is 2.08. The van der Waals surface area contributed by atoms with E-state index in [1.165, 1.54) is 0 Å². The van der Waals surface area contributed by atoms with Crippen LogP contribution < -0.4 is 10.1 Å². The monoisotopic (exact) mass is 357 g/mol. The molecule has 0 unspecified atom stereocenters. The van der Waals surface area contributed by atoms with Crippen LogP contribution in [0.4, 0.5) is 0 Å². The molecule has 1 amide bonds. The van der Waals surface area contributed by atoms with E-state index in [2.05, 4.69) is 15.5 Å². The number of carbonyl (C=O) groups excluding carboxylic acids is 1. The smallest absolute Gasteiger partial charge is 0.251 e. The molecule has 0 fully saturated rings. The van der Waals surface area contributed by atoms with Gasteiger partial charge >= 0.3 is 0 Å². The average Bonchev–Trinajstić information content (AvgIpc) is 3.05. The van der Waals surface area contributed by atoms with Crippen LogP contribution in [0.25, 0.3) is 0 Å². The molecule has 25 heavy (non-hydrogen) atoms. The van der Waals surface area contributed by atoms with Crippen LogP contribution in [0.2, 0.25) is 5.02 Å². The van der Waals surface area contributed by atoms with E-state index in [1.54, 1.807) is 37.3 Å². The minimum absolute atomic E-state index is 0.180. The summed E-state index contributed by atoms with van der Waals surface area (Å²) in [4.78, 5) is 16.2. The number of benzene rings is 2. The summed E-state index contributed by atoms with van der Waals surface area (Å²) in [5.74, 6) is 1.40. The Balaban J connectivity index is 1.54. The molecular formula is C18H16ClN3O3. The van der Waals surface area contributed by atoms with E-state index in [4.69, 9.17) is 20.9 Å². The highest BCUT2D eigenvalue weighted by Crippen LogP contribution is 2.16. The standard InChI is InChI=1S/C18H16ClN3O3/c1-12-21-17(22-25-12)11-24-15-8-6-13(7-9-15)18(23)20-10-14-4-2-3-5-16(14)19/h2-9H,10-11H2,1H3,(H,20,23). The van der Waals surface area contributed by atoms with Crippen LogP contribution in [0.3, 0.4) is 0 Å².